The number of hydrogen-bond acceptors (Lipinski definition) is 36. The fourth-order valence-electron chi connectivity index (χ4n) is 7.57. The molecule has 107 heavy (non-hydrogen) atoms. The standard InChI is InChI=1S/C71H144O35S/c1-72-2-3-73-4-5-74-6-7-75-8-9-76-10-11-77-12-13-78-14-15-79-16-17-80-18-19-81-20-21-82-22-23-83-24-25-84-26-27-85-28-29-86-30-31-87-32-33-88-34-35-89-36-37-90-38-39-91-40-41-92-42-43-93-44-45-94-46-47-95-48-49-96-50-51-97-52-53-98-54-55-99-56-57-100-58-59-101-60-61-102-62-63-103-64-65-104-66-67-105-68-69-106-70-71-107/h107H,2-71H2,1H3. The first-order chi connectivity index (χ1) is 53.4. The van der Waals surface area contributed by atoms with Gasteiger partial charge in [-0.25, -0.2) is 0 Å². The van der Waals surface area contributed by atoms with Crippen molar-refractivity contribution < 1.29 is 166 Å². The average Bonchev–Trinajstić information content (AvgIpc) is 3.82. The highest BCUT2D eigenvalue weighted by Crippen LogP contribution is 1.94. The van der Waals surface area contributed by atoms with Crippen molar-refractivity contribution >= 4 is 12.6 Å². The summed E-state index contributed by atoms with van der Waals surface area (Å²) in [5, 5.41) is 0. The van der Waals surface area contributed by atoms with Crippen molar-refractivity contribution in [3.8, 4) is 0 Å². The van der Waals surface area contributed by atoms with E-state index in [2.05, 4.69) is 12.6 Å². The van der Waals surface area contributed by atoms with Crippen molar-refractivity contribution in [2.75, 3.05) is 469 Å². The Hall–Kier alpha value is -1.05. The molecule has 0 atom stereocenters. The zero-order valence-electron chi connectivity index (χ0n) is 65.2. The first kappa shape index (κ1) is 106. The van der Waals surface area contributed by atoms with Gasteiger partial charge in [-0.3, -0.25) is 0 Å². The lowest BCUT2D eigenvalue weighted by Crippen LogP contribution is -2.16. The van der Waals surface area contributed by atoms with Crippen LogP contribution in [0.25, 0.3) is 0 Å². The molecule has 0 aromatic carbocycles. The van der Waals surface area contributed by atoms with Gasteiger partial charge in [0, 0.05) is 12.9 Å². The number of thiol groups is 1. The zero-order valence-corrected chi connectivity index (χ0v) is 66.1. The van der Waals surface area contributed by atoms with E-state index in [0.717, 1.165) is 0 Å². The molecular weight excluding hydrogens is 1440 g/mol. The molecule has 0 bridgehead atoms. The molecule has 0 aliphatic rings. The van der Waals surface area contributed by atoms with Crippen molar-refractivity contribution in [2.24, 2.45) is 0 Å². The highest BCUT2D eigenvalue weighted by atomic mass is 32.1. The van der Waals surface area contributed by atoms with E-state index in [9.17, 15) is 0 Å². The normalized spacial score (nSPS) is 11.8. The molecular formula is C71H144O35S. The third-order valence-electron chi connectivity index (χ3n) is 12.9. The Bertz CT molecular complexity index is 1400. The van der Waals surface area contributed by atoms with Gasteiger partial charge >= 0.3 is 0 Å². The smallest absolute Gasteiger partial charge is 0.0701 e. The van der Waals surface area contributed by atoms with Crippen LogP contribution in [0.3, 0.4) is 0 Å². The van der Waals surface area contributed by atoms with Gasteiger partial charge in [0.05, 0.1) is 456 Å². The lowest BCUT2D eigenvalue weighted by molar-refractivity contribution is -0.0327. The van der Waals surface area contributed by atoms with E-state index < -0.39 is 0 Å². The summed E-state index contributed by atoms with van der Waals surface area (Å²) >= 11 is 4.08. The summed E-state index contributed by atoms with van der Waals surface area (Å²) in [6.45, 7) is 34.3. The minimum Gasteiger partial charge on any atom is -0.382 e. The molecule has 0 rings (SSSR count). The molecule has 0 heterocycles. The van der Waals surface area contributed by atoms with Crippen LogP contribution in [0.15, 0.2) is 0 Å². The van der Waals surface area contributed by atoms with E-state index in [1.807, 2.05) is 0 Å². The Labute approximate surface area is 644 Å². The predicted molar refractivity (Wildman–Crippen MR) is 394 cm³/mol. The number of ether oxygens (including phenoxy) is 35. The third kappa shape index (κ3) is 105. The first-order valence-electron chi connectivity index (χ1n) is 38.1. The summed E-state index contributed by atoms with van der Waals surface area (Å²) in [5.41, 5.74) is 0. The van der Waals surface area contributed by atoms with Gasteiger partial charge in [0.1, 0.15) is 0 Å². The van der Waals surface area contributed by atoms with Crippen molar-refractivity contribution in [1.29, 1.82) is 0 Å². The second-order valence-electron chi connectivity index (χ2n) is 21.5. The number of methoxy groups -OCH3 is 1. The number of hydrogen-bond donors (Lipinski definition) is 1. The maximum absolute atomic E-state index is 5.54. The lowest BCUT2D eigenvalue weighted by Gasteiger charge is -2.09. The first-order valence-corrected chi connectivity index (χ1v) is 38.8. The highest BCUT2D eigenvalue weighted by Gasteiger charge is 2.03. The lowest BCUT2D eigenvalue weighted by atomic mass is 10.6. The van der Waals surface area contributed by atoms with E-state index in [-0.39, 0.29) is 0 Å². The second-order valence-corrected chi connectivity index (χ2v) is 22.0. The van der Waals surface area contributed by atoms with Crippen LogP contribution in [0.2, 0.25) is 0 Å². The summed E-state index contributed by atoms with van der Waals surface area (Å²) in [7, 11) is 1.64. The summed E-state index contributed by atoms with van der Waals surface area (Å²) in [5.74, 6) is 0.710. The van der Waals surface area contributed by atoms with Crippen molar-refractivity contribution in [2.45, 2.75) is 0 Å². The van der Waals surface area contributed by atoms with Gasteiger partial charge in [-0.05, 0) is 0 Å². The fourth-order valence-corrected chi connectivity index (χ4v) is 7.70. The van der Waals surface area contributed by atoms with Crippen LogP contribution in [0.5, 0.6) is 0 Å². The molecule has 0 aromatic rings. The Morgan fingerprint density at radius 1 is 0.0935 bits per heavy atom. The number of rotatable bonds is 104. The minimum atomic E-state index is 0.478. The van der Waals surface area contributed by atoms with Crippen LogP contribution < -0.4 is 0 Å². The Kier molecular flexibility index (Phi) is 104. The fraction of sp³-hybridized carbons (Fsp3) is 1.00. The quantitative estimate of drug-likeness (QED) is 0.0659. The Morgan fingerprint density at radius 3 is 0.206 bits per heavy atom. The summed E-state index contributed by atoms with van der Waals surface area (Å²) in [6.07, 6.45) is 0. The van der Waals surface area contributed by atoms with Gasteiger partial charge in [0.15, 0.2) is 0 Å². The van der Waals surface area contributed by atoms with Gasteiger partial charge in [-0.1, -0.05) is 0 Å². The van der Waals surface area contributed by atoms with Gasteiger partial charge in [-0.15, -0.1) is 0 Å². The molecule has 36 heteroatoms. The second kappa shape index (κ2) is 105. The van der Waals surface area contributed by atoms with E-state index in [1.54, 1.807) is 7.11 Å². The van der Waals surface area contributed by atoms with Gasteiger partial charge in [0.2, 0.25) is 0 Å². The molecule has 644 valence electrons. The van der Waals surface area contributed by atoms with Crippen molar-refractivity contribution in [1.82, 2.24) is 0 Å². The van der Waals surface area contributed by atoms with E-state index >= 15 is 0 Å². The Morgan fingerprint density at radius 2 is 0.150 bits per heavy atom. The zero-order chi connectivity index (χ0) is 76.2. The Balaban J connectivity index is 3.09. The van der Waals surface area contributed by atoms with E-state index in [0.29, 0.717) is 462 Å². The molecule has 35 nitrogen and oxygen atoms in total. The van der Waals surface area contributed by atoms with E-state index in [1.165, 1.54) is 0 Å². The molecule has 0 N–H and O–H groups in total. The van der Waals surface area contributed by atoms with Crippen LogP contribution in [-0.2, 0) is 166 Å². The predicted octanol–water partition coefficient (Wildman–Crippen LogP) is 1.13. The highest BCUT2D eigenvalue weighted by molar-refractivity contribution is 7.80. The van der Waals surface area contributed by atoms with Crippen LogP contribution >= 0.6 is 12.6 Å². The summed E-state index contributed by atoms with van der Waals surface area (Å²) < 4.78 is 192. The van der Waals surface area contributed by atoms with Gasteiger partial charge < -0.3 is 166 Å². The topological polar surface area (TPSA) is 323 Å². The van der Waals surface area contributed by atoms with Crippen molar-refractivity contribution in [3.63, 3.8) is 0 Å². The molecule has 0 radical (unpaired) electrons. The molecule has 0 aliphatic heterocycles. The van der Waals surface area contributed by atoms with Crippen LogP contribution in [-0.4, -0.2) is 469 Å². The maximum Gasteiger partial charge on any atom is 0.0701 e. The van der Waals surface area contributed by atoms with E-state index in [4.69, 9.17) is 166 Å². The summed E-state index contributed by atoms with van der Waals surface area (Å²) in [4.78, 5) is 0. The minimum absolute atomic E-state index is 0.478. The molecule has 0 unspecified atom stereocenters. The van der Waals surface area contributed by atoms with Crippen LogP contribution in [0.4, 0.5) is 0 Å². The summed E-state index contributed by atoms with van der Waals surface area (Å²) in [6, 6.07) is 0. The molecule has 0 aliphatic carbocycles. The SMILES string of the molecule is COCCOCCOCCOCCOCCOCCOCCOCCOCCOCCOCCOCCOCCOCCOCCOCCOCCOCCOCCOCCOCCOCCOCCOCCOCCOCCOCCOCCOCCOCCOCCOCCOCCOCCOCCS. The molecule has 0 spiro atoms. The van der Waals surface area contributed by atoms with Gasteiger partial charge in [-0.2, -0.15) is 12.6 Å². The largest absolute Gasteiger partial charge is 0.382 e. The maximum atomic E-state index is 5.54. The van der Waals surface area contributed by atoms with Crippen LogP contribution in [0, 0.1) is 0 Å². The van der Waals surface area contributed by atoms with Gasteiger partial charge in [0.25, 0.3) is 0 Å². The van der Waals surface area contributed by atoms with Crippen LogP contribution in [0.1, 0.15) is 0 Å². The van der Waals surface area contributed by atoms with Crippen molar-refractivity contribution in [3.05, 3.63) is 0 Å². The average molecular weight is 1590 g/mol. The monoisotopic (exact) mass is 1590 g/mol. The third-order valence-corrected chi connectivity index (χ3v) is 13.1. The molecule has 0 saturated carbocycles. The molecule has 0 fully saturated rings. The molecule has 0 amide bonds. The molecule has 0 aromatic heterocycles. The molecule has 0 saturated heterocycles.